The summed E-state index contributed by atoms with van der Waals surface area (Å²) >= 11 is 0. The second-order valence-electron chi connectivity index (χ2n) is 3.76. The molecule has 3 heteroatoms. The first-order chi connectivity index (χ1) is 6.72. The molecule has 14 heavy (non-hydrogen) atoms. The lowest BCUT2D eigenvalue weighted by molar-refractivity contribution is 0.385. The van der Waals surface area contributed by atoms with Gasteiger partial charge in [0.1, 0.15) is 0 Å². The first kappa shape index (κ1) is 9.46. The quantitative estimate of drug-likeness (QED) is 0.802. The number of ether oxygens (including phenoxy) is 1. The van der Waals surface area contributed by atoms with E-state index in [2.05, 4.69) is 0 Å². The Morgan fingerprint density at radius 1 is 1.50 bits per heavy atom. The van der Waals surface area contributed by atoms with Crippen molar-refractivity contribution in [1.82, 2.24) is 0 Å². The zero-order valence-corrected chi connectivity index (χ0v) is 8.16. The van der Waals surface area contributed by atoms with E-state index in [1.807, 2.05) is 6.07 Å². The van der Waals surface area contributed by atoms with Gasteiger partial charge in [-0.3, -0.25) is 0 Å². The Hall–Kier alpha value is -1.09. The van der Waals surface area contributed by atoms with E-state index in [-0.39, 0.29) is 17.6 Å². The summed E-state index contributed by atoms with van der Waals surface area (Å²) in [5.74, 6) is 0.487. The lowest BCUT2D eigenvalue weighted by atomic mass is 10.0. The molecule has 0 bridgehead atoms. The average Bonchev–Trinajstić information content (AvgIpc) is 3.00. The second kappa shape index (κ2) is 3.58. The fourth-order valence-electron chi connectivity index (χ4n) is 1.62. The number of nitrogens with two attached hydrogens (primary N) is 1. The molecule has 1 aliphatic rings. The van der Waals surface area contributed by atoms with Crippen LogP contribution in [0.1, 0.15) is 24.4 Å². The van der Waals surface area contributed by atoms with Gasteiger partial charge in [0, 0.05) is 6.04 Å². The molecule has 1 atom stereocenters. The summed E-state index contributed by atoms with van der Waals surface area (Å²) in [6.07, 6.45) is 2.32. The first-order valence-electron chi connectivity index (χ1n) is 4.81. The topological polar surface area (TPSA) is 35.2 Å². The predicted molar refractivity (Wildman–Crippen MR) is 52.6 cm³/mol. The summed E-state index contributed by atoms with van der Waals surface area (Å²) in [7, 11) is 1.46. The maximum atomic E-state index is 13.3. The lowest BCUT2D eigenvalue weighted by Crippen LogP contribution is -2.12. The first-order valence-corrected chi connectivity index (χ1v) is 4.81. The molecule has 0 unspecified atom stereocenters. The van der Waals surface area contributed by atoms with Crippen molar-refractivity contribution in [2.75, 3.05) is 7.11 Å². The van der Waals surface area contributed by atoms with Crippen molar-refractivity contribution in [2.24, 2.45) is 11.7 Å². The fourth-order valence-corrected chi connectivity index (χ4v) is 1.62. The molecule has 1 aromatic rings. The van der Waals surface area contributed by atoms with E-state index in [9.17, 15) is 4.39 Å². The van der Waals surface area contributed by atoms with Crippen LogP contribution in [0.4, 0.5) is 4.39 Å². The minimum Gasteiger partial charge on any atom is -0.494 e. The molecule has 1 aliphatic carbocycles. The van der Waals surface area contributed by atoms with Gasteiger partial charge < -0.3 is 10.5 Å². The van der Waals surface area contributed by atoms with Gasteiger partial charge in [-0.2, -0.15) is 0 Å². The van der Waals surface area contributed by atoms with Crippen molar-refractivity contribution >= 4 is 0 Å². The Bertz CT molecular complexity index is 336. The van der Waals surface area contributed by atoms with E-state index < -0.39 is 0 Å². The van der Waals surface area contributed by atoms with E-state index in [4.69, 9.17) is 10.5 Å². The zero-order chi connectivity index (χ0) is 10.1. The Balaban J connectivity index is 2.22. The highest BCUT2D eigenvalue weighted by molar-refractivity contribution is 5.31. The molecule has 2 N–H and O–H groups in total. The number of benzene rings is 1. The Kier molecular flexibility index (Phi) is 2.42. The normalized spacial score (nSPS) is 17.9. The Labute approximate surface area is 82.9 Å². The van der Waals surface area contributed by atoms with Crippen LogP contribution in [0.25, 0.3) is 0 Å². The molecule has 2 nitrogen and oxygen atoms in total. The van der Waals surface area contributed by atoms with Crippen LogP contribution < -0.4 is 10.5 Å². The molecule has 0 spiro atoms. The van der Waals surface area contributed by atoms with Crippen LogP contribution in [-0.4, -0.2) is 7.11 Å². The van der Waals surface area contributed by atoms with Gasteiger partial charge in [-0.1, -0.05) is 6.07 Å². The third-order valence-corrected chi connectivity index (χ3v) is 2.69. The summed E-state index contributed by atoms with van der Waals surface area (Å²) in [4.78, 5) is 0. The van der Waals surface area contributed by atoms with E-state index in [1.54, 1.807) is 6.07 Å². The van der Waals surface area contributed by atoms with Crippen LogP contribution in [0.2, 0.25) is 0 Å². The minimum absolute atomic E-state index is 0.0181. The highest BCUT2D eigenvalue weighted by atomic mass is 19.1. The van der Waals surface area contributed by atoms with Crippen LogP contribution in [0, 0.1) is 11.7 Å². The van der Waals surface area contributed by atoms with Gasteiger partial charge in [0.15, 0.2) is 11.6 Å². The summed E-state index contributed by atoms with van der Waals surface area (Å²) < 4.78 is 18.2. The lowest BCUT2D eigenvalue weighted by Gasteiger charge is -2.11. The summed E-state index contributed by atoms with van der Waals surface area (Å²) in [5, 5.41) is 0. The Morgan fingerprint density at radius 3 is 2.71 bits per heavy atom. The number of hydrogen-bond acceptors (Lipinski definition) is 2. The summed E-state index contributed by atoms with van der Waals surface area (Å²) in [5.41, 5.74) is 6.82. The van der Waals surface area contributed by atoms with Gasteiger partial charge in [-0.25, -0.2) is 4.39 Å². The van der Waals surface area contributed by atoms with E-state index in [0.29, 0.717) is 5.92 Å². The molecule has 0 amide bonds. The zero-order valence-electron chi connectivity index (χ0n) is 8.16. The van der Waals surface area contributed by atoms with E-state index in [0.717, 1.165) is 18.4 Å². The number of hydrogen-bond donors (Lipinski definition) is 1. The van der Waals surface area contributed by atoms with Gasteiger partial charge in [0.25, 0.3) is 0 Å². The number of rotatable bonds is 3. The fraction of sp³-hybridized carbons (Fsp3) is 0.455. The maximum absolute atomic E-state index is 13.3. The van der Waals surface area contributed by atoms with Crippen LogP contribution in [0.5, 0.6) is 5.75 Å². The number of methoxy groups -OCH3 is 1. The van der Waals surface area contributed by atoms with Crippen molar-refractivity contribution in [3.8, 4) is 5.75 Å². The molecule has 1 saturated carbocycles. The molecule has 0 heterocycles. The van der Waals surface area contributed by atoms with Crippen molar-refractivity contribution < 1.29 is 9.13 Å². The van der Waals surface area contributed by atoms with E-state index >= 15 is 0 Å². The van der Waals surface area contributed by atoms with Crippen molar-refractivity contribution in [2.45, 2.75) is 18.9 Å². The maximum Gasteiger partial charge on any atom is 0.165 e. The third kappa shape index (κ3) is 1.73. The molecule has 1 fully saturated rings. The molecular formula is C11H14FNO. The molecule has 0 aliphatic heterocycles. The highest BCUT2D eigenvalue weighted by Crippen LogP contribution is 2.39. The van der Waals surface area contributed by atoms with Gasteiger partial charge in [0.2, 0.25) is 0 Å². The standard InChI is InChI=1S/C11H14FNO/c1-14-10-5-4-8(6-9(10)12)11(13)7-2-3-7/h4-7,11H,2-3,13H2,1H3/t11-/m1/s1. The molecular weight excluding hydrogens is 181 g/mol. The molecule has 0 radical (unpaired) electrons. The largest absolute Gasteiger partial charge is 0.494 e. The smallest absolute Gasteiger partial charge is 0.165 e. The molecule has 0 saturated heterocycles. The highest BCUT2D eigenvalue weighted by Gasteiger charge is 2.29. The average molecular weight is 195 g/mol. The molecule has 2 rings (SSSR count). The van der Waals surface area contributed by atoms with Crippen molar-refractivity contribution in [3.63, 3.8) is 0 Å². The van der Waals surface area contributed by atoms with Gasteiger partial charge in [-0.15, -0.1) is 0 Å². The van der Waals surface area contributed by atoms with Crippen LogP contribution >= 0.6 is 0 Å². The molecule has 1 aromatic carbocycles. The third-order valence-electron chi connectivity index (χ3n) is 2.69. The Morgan fingerprint density at radius 2 is 2.21 bits per heavy atom. The predicted octanol–water partition coefficient (Wildman–Crippen LogP) is 2.24. The molecule has 0 aromatic heterocycles. The monoisotopic (exact) mass is 195 g/mol. The molecule has 76 valence electrons. The van der Waals surface area contributed by atoms with Gasteiger partial charge in [0.05, 0.1) is 7.11 Å². The van der Waals surface area contributed by atoms with Gasteiger partial charge >= 0.3 is 0 Å². The number of halogens is 1. The SMILES string of the molecule is COc1ccc([C@H](N)C2CC2)cc1F. The summed E-state index contributed by atoms with van der Waals surface area (Å²) in [6, 6.07) is 4.93. The van der Waals surface area contributed by atoms with Crippen molar-refractivity contribution in [1.29, 1.82) is 0 Å². The van der Waals surface area contributed by atoms with E-state index in [1.165, 1.54) is 13.2 Å². The summed E-state index contributed by atoms with van der Waals surface area (Å²) in [6.45, 7) is 0. The minimum atomic E-state index is -0.332. The van der Waals surface area contributed by atoms with Crippen LogP contribution in [-0.2, 0) is 0 Å². The van der Waals surface area contributed by atoms with Gasteiger partial charge in [-0.05, 0) is 36.5 Å². The van der Waals surface area contributed by atoms with Crippen molar-refractivity contribution in [3.05, 3.63) is 29.6 Å². The van der Waals surface area contributed by atoms with Crippen LogP contribution in [0.3, 0.4) is 0 Å². The van der Waals surface area contributed by atoms with Crippen LogP contribution in [0.15, 0.2) is 18.2 Å². The second-order valence-corrected chi connectivity index (χ2v) is 3.76.